The molecule has 148 valence electrons. The molecule has 2 heterocycles. The van der Waals surface area contributed by atoms with Crippen LogP contribution >= 0.6 is 0 Å². The van der Waals surface area contributed by atoms with Crippen LogP contribution in [0.2, 0.25) is 0 Å². The fourth-order valence-corrected chi connectivity index (χ4v) is 3.84. The molecule has 26 heavy (non-hydrogen) atoms. The van der Waals surface area contributed by atoms with Gasteiger partial charge in [0.05, 0.1) is 12.2 Å². The molecule has 1 fully saturated rings. The van der Waals surface area contributed by atoms with E-state index in [4.69, 9.17) is 4.52 Å². The highest BCUT2D eigenvalue weighted by Gasteiger charge is 2.20. The normalized spacial score (nSPS) is 19.1. The summed E-state index contributed by atoms with van der Waals surface area (Å²) in [7, 11) is 1.81. The van der Waals surface area contributed by atoms with Gasteiger partial charge in [0.25, 0.3) is 0 Å². The number of likely N-dealkylation sites (tertiary alicyclic amines) is 1. The number of hydrogen-bond donors (Lipinski definition) is 2. The maximum absolute atomic E-state index is 5.47. The smallest absolute Gasteiger partial charge is 0.191 e. The zero-order chi connectivity index (χ0) is 18.8. The highest BCUT2D eigenvalue weighted by atomic mass is 16.5. The first kappa shape index (κ1) is 20.7. The Morgan fingerprint density at radius 2 is 2.12 bits per heavy atom. The summed E-state index contributed by atoms with van der Waals surface area (Å²) in [5.74, 6) is 2.16. The molecule has 1 atom stereocenters. The Labute approximate surface area is 158 Å². The van der Waals surface area contributed by atoms with Crippen LogP contribution < -0.4 is 10.6 Å². The second-order valence-electron chi connectivity index (χ2n) is 7.18. The molecule has 0 radical (unpaired) electrons. The number of nitrogens with zero attached hydrogens (tertiary/aromatic N) is 3. The third-order valence-electron chi connectivity index (χ3n) is 5.55. The average molecular weight is 364 g/mol. The number of guanidine groups is 1. The van der Waals surface area contributed by atoms with Crippen molar-refractivity contribution in [2.75, 3.05) is 26.7 Å². The molecular formula is C20H37N5O. The molecule has 2 rings (SSSR count). The lowest BCUT2D eigenvalue weighted by atomic mass is 9.99. The Hall–Kier alpha value is -1.56. The minimum absolute atomic E-state index is 0.487. The molecule has 1 unspecified atom stereocenters. The molecule has 0 aliphatic carbocycles. The van der Waals surface area contributed by atoms with E-state index in [-0.39, 0.29) is 0 Å². The zero-order valence-corrected chi connectivity index (χ0v) is 17.1. The predicted octanol–water partition coefficient (Wildman–Crippen LogP) is 3.51. The van der Waals surface area contributed by atoms with Gasteiger partial charge in [-0.25, -0.2) is 0 Å². The largest absolute Gasteiger partial charge is 0.359 e. The summed E-state index contributed by atoms with van der Waals surface area (Å²) in [6, 6.07) is 2.82. The summed E-state index contributed by atoms with van der Waals surface area (Å²) in [5.41, 5.74) is 1.06. The predicted molar refractivity (Wildman–Crippen MR) is 108 cm³/mol. The molecule has 1 saturated heterocycles. The topological polar surface area (TPSA) is 65.7 Å². The van der Waals surface area contributed by atoms with E-state index in [9.17, 15) is 0 Å². The van der Waals surface area contributed by atoms with E-state index in [2.05, 4.69) is 52.5 Å². The Morgan fingerprint density at radius 3 is 2.81 bits per heavy atom. The minimum atomic E-state index is 0.487. The average Bonchev–Trinajstić information content (AvgIpc) is 3.14. The van der Waals surface area contributed by atoms with Crippen molar-refractivity contribution in [1.82, 2.24) is 20.7 Å². The molecule has 1 aliphatic rings. The summed E-state index contributed by atoms with van der Waals surface area (Å²) in [6.07, 6.45) is 7.48. The lowest BCUT2D eigenvalue weighted by Gasteiger charge is -2.35. The fourth-order valence-electron chi connectivity index (χ4n) is 3.84. The lowest BCUT2D eigenvalue weighted by molar-refractivity contribution is 0.147. The van der Waals surface area contributed by atoms with Crippen LogP contribution in [-0.2, 0) is 6.54 Å². The van der Waals surface area contributed by atoms with Crippen molar-refractivity contribution in [3.63, 3.8) is 0 Å². The van der Waals surface area contributed by atoms with Crippen LogP contribution in [0.5, 0.6) is 0 Å². The number of nitrogens with one attached hydrogen (secondary N) is 2. The Morgan fingerprint density at radius 1 is 1.31 bits per heavy atom. The third-order valence-corrected chi connectivity index (χ3v) is 5.55. The molecule has 0 bridgehead atoms. The number of hydrogen-bond acceptors (Lipinski definition) is 4. The van der Waals surface area contributed by atoms with Gasteiger partial charge in [0.2, 0.25) is 0 Å². The standard InChI is InChI=1S/C20H37N5O/c1-5-16(6-2)19-14-18(26-24-19)15-23-20(21-4)22-11-13-25-12-9-8-10-17(25)7-3/h14,16-17H,5-13,15H2,1-4H3,(H2,21,22,23). The van der Waals surface area contributed by atoms with Gasteiger partial charge in [-0.1, -0.05) is 32.3 Å². The maximum atomic E-state index is 5.47. The van der Waals surface area contributed by atoms with Gasteiger partial charge in [0, 0.05) is 38.2 Å². The van der Waals surface area contributed by atoms with Crippen LogP contribution in [0.3, 0.4) is 0 Å². The number of aromatic nitrogens is 1. The Bertz CT molecular complexity index is 538. The molecule has 1 aliphatic heterocycles. The summed E-state index contributed by atoms with van der Waals surface area (Å²) in [4.78, 5) is 6.93. The van der Waals surface area contributed by atoms with E-state index in [0.717, 1.165) is 49.4 Å². The molecule has 1 aromatic rings. The van der Waals surface area contributed by atoms with E-state index in [1.54, 1.807) is 7.05 Å². The van der Waals surface area contributed by atoms with Crippen molar-refractivity contribution >= 4 is 5.96 Å². The first-order valence-electron chi connectivity index (χ1n) is 10.4. The van der Waals surface area contributed by atoms with Gasteiger partial charge in [-0.2, -0.15) is 0 Å². The maximum Gasteiger partial charge on any atom is 0.191 e. The van der Waals surface area contributed by atoms with Crippen LogP contribution in [0.1, 0.15) is 76.7 Å². The van der Waals surface area contributed by atoms with Crippen molar-refractivity contribution in [3.05, 3.63) is 17.5 Å². The third kappa shape index (κ3) is 6.01. The monoisotopic (exact) mass is 363 g/mol. The molecule has 0 amide bonds. The van der Waals surface area contributed by atoms with Gasteiger partial charge in [0.1, 0.15) is 0 Å². The number of piperidine rings is 1. The lowest BCUT2D eigenvalue weighted by Crippen LogP contribution is -2.45. The summed E-state index contributed by atoms with van der Waals surface area (Å²) in [6.45, 7) is 10.5. The van der Waals surface area contributed by atoms with E-state index in [1.165, 1.54) is 32.2 Å². The van der Waals surface area contributed by atoms with Crippen molar-refractivity contribution < 1.29 is 4.52 Å². The van der Waals surface area contributed by atoms with Crippen molar-refractivity contribution in [3.8, 4) is 0 Å². The second-order valence-corrected chi connectivity index (χ2v) is 7.18. The molecule has 0 aromatic carbocycles. The molecule has 0 saturated carbocycles. The molecule has 6 heteroatoms. The molecule has 0 spiro atoms. The fraction of sp³-hybridized carbons (Fsp3) is 0.800. The quantitative estimate of drug-likeness (QED) is 0.519. The van der Waals surface area contributed by atoms with Gasteiger partial charge in [-0.05, 0) is 38.6 Å². The van der Waals surface area contributed by atoms with Gasteiger partial charge in [0.15, 0.2) is 11.7 Å². The Balaban J connectivity index is 1.74. The van der Waals surface area contributed by atoms with Crippen LogP contribution in [0.15, 0.2) is 15.6 Å². The van der Waals surface area contributed by atoms with Crippen LogP contribution in [0, 0.1) is 0 Å². The molecule has 6 nitrogen and oxygen atoms in total. The van der Waals surface area contributed by atoms with E-state index >= 15 is 0 Å². The summed E-state index contributed by atoms with van der Waals surface area (Å²) < 4.78 is 5.47. The highest BCUT2D eigenvalue weighted by molar-refractivity contribution is 5.79. The zero-order valence-electron chi connectivity index (χ0n) is 17.1. The van der Waals surface area contributed by atoms with Crippen molar-refractivity contribution in [2.45, 2.75) is 77.8 Å². The van der Waals surface area contributed by atoms with E-state index in [0.29, 0.717) is 12.5 Å². The van der Waals surface area contributed by atoms with E-state index in [1.807, 2.05) is 0 Å². The van der Waals surface area contributed by atoms with Crippen LogP contribution in [0.25, 0.3) is 0 Å². The van der Waals surface area contributed by atoms with Crippen LogP contribution in [0.4, 0.5) is 0 Å². The number of aliphatic imine (C=N–C) groups is 1. The summed E-state index contributed by atoms with van der Waals surface area (Å²) >= 11 is 0. The number of rotatable bonds is 9. The van der Waals surface area contributed by atoms with Crippen molar-refractivity contribution in [2.24, 2.45) is 4.99 Å². The van der Waals surface area contributed by atoms with Gasteiger partial charge < -0.3 is 15.2 Å². The SMILES string of the molecule is CCC(CC)c1cc(CNC(=NC)NCCN2CCCCC2CC)on1. The molecule has 1 aromatic heterocycles. The van der Waals surface area contributed by atoms with Gasteiger partial charge in [-0.3, -0.25) is 9.89 Å². The van der Waals surface area contributed by atoms with Gasteiger partial charge >= 0.3 is 0 Å². The second kappa shape index (κ2) is 11.2. The van der Waals surface area contributed by atoms with E-state index < -0.39 is 0 Å². The highest BCUT2D eigenvalue weighted by Crippen LogP contribution is 2.22. The Kier molecular flexibility index (Phi) is 8.95. The molecule has 2 N–H and O–H groups in total. The summed E-state index contributed by atoms with van der Waals surface area (Å²) in [5, 5.41) is 11.0. The minimum Gasteiger partial charge on any atom is -0.359 e. The molecular weight excluding hydrogens is 326 g/mol. The first-order valence-corrected chi connectivity index (χ1v) is 10.4. The first-order chi connectivity index (χ1) is 12.7. The van der Waals surface area contributed by atoms with Crippen molar-refractivity contribution in [1.29, 1.82) is 0 Å². The van der Waals surface area contributed by atoms with Gasteiger partial charge in [-0.15, -0.1) is 0 Å². The van der Waals surface area contributed by atoms with Crippen LogP contribution in [-0.4, -0.2) is 48.7 Å².